The third-order valence-electron chi connectivity index (χ3n) is 3.60. The number of fused-ring (bicyclic) bond motifs is 1. The lowest BCUT2D eigenvalue weighted by Gasteiger charge is -2.08. The molecule has 5 nitrogen and oxygen atoms in total. The molecule has 0 saturated heterocycles. The van der Waals surface area contributed by atoms with Gasteiger partial charge in [0.25, 0.3) is 5.91 Å². The fourth-order valence-electron chi connectivity index (χ4n) is 2.39. The summed E-state index contributed by atoms with van der Waals surface area (Å²) in [5, 5.41) is 6.95. The third-order valence-corrected chi connectivity index (χ3v) is 4.68. The van der Waals surface area contributed by atoms with Gasteiger partial charge in [-0.3, -0.25) is 4.79 Å². The number of hydrogen-bond donors (Lipinski definition) is 2. The largest absolute Gasteiger partial charge is 0.361 e. The Labute approximate surface area is 146 Å². The fourth-order valence-corrected chi connectivity index (χ4v) is 3.29. The minimum atomic E-state index is -0.293. The van der Waals surface area contributed by atoms with Crippen LogP contribution in [0.5, 0.6) is 0 Å². The second-order valence-corrected chi connectivity index (χ2v) is 6.68. The Hall–Kier alpha value is -1.99. The van der Waals surface area contributed by atoms with Gasteiger partial charge in [0.1, 0.15) is 5.69 Å². The normalized spacial score (nSPS) is 12.8. The summed E-state index contributed by atoms with van der Waals surface area (Å²) in [5.74, 6) is -0.173. The summed E-state index contributed by atoms with van der Waals surface area (Å²) in [6, 6.07) is 6.13. The summed E-state index contributed by atoms with van der Waals surface area (Å²) in [7, 11) is 0. The standard InChI is InChI=1S/C16H15BrN4OS/c1-2-10(6-20-21-16(22)15-8-23-9-19-15)13-7-18-14-4-3-11(17)5-12(13)14/h3-10,18H,2H2,1H3,(H,21,22). The topological polar surface area (TPSA) is 70.1 Å². The van der Waals surface area contributed by atoms with Crippen molar-refractivity contribution < 1.29 is 4.79 Å². The zero-order valence-corrected chi connectivity index (χ0v) is 14.8. The highest BCUT2D eigenvalue weighted by atomic mass is 79.9. The molecule has 7 heteroatoms. The van der Waals surface area contributed by atoms with E-state index >= 15 is 0 Å². The number of hydrogen-bond acceptors (Lipinski definition) is 4. The number of carbonyl (C=O) groups is 1. The van der Waals surface area contributed by atoms with Crippen molar-refractivity contribution in [2.45, 2.75) is 19.3 Å². The van der Waals surface area contributed by atoms with Crippen LogP contribution in [0.2, 0.25) is 0 Å². The molecule has 3 rings (SSSR count). The number of hydrazone groups is 1. The van der Waals surface area contributed by atoms with Crippen LogP contribution in [0.15, 0.2) is 44.9 Å². The van der Waals surface area contributed by atoms with E-state index < -0.39 is 0 Å². The number of rotatable bonds is 5. The van der Waals surface area contributed by atoms with Gasteiger partial charge >= 0.3 is 0 Å². The number of aromatic amines is 1. The van der Waals surface area contributed by atoms with E-state index in [4.69, 9.17) is 0 Å². The van der Waals surface area contributed by atoms with Crippen LogP contribution in [0.1, 0.15) is 35.3 Å². The van der Waals surface area contributed by atoms with Crippen molar-refractivity contribution in [1.82, 2.24) is 15.4 Å². The quantitative estimate of drug-likeness (QED) is 0.503. The first-order chi connectivity index (χ1) is 11.2. The zero-order chi connectivity index (χ0) is 16.2. The summed E-state index contributed by atoms with van der Waals surface area (Å²) < 4.78 is 1.04. The molecule has 0 spiro atoms. The van der Waals surface area contributed by atoms with Gasteiger partial charge < -0.3 is 4.98 Å². The smallest absolute Gasteiger partial charge is 0.290 e. The molecule has 1 amide bonds. The first-order valence-electron chi connectivity index (χ1n) is 7.17. The molecule has 1 unspecified atom stereocenters. The summed E-state index contributed by atoms with van der Waals surface area (Å²) in [4.78, 5) is 19.1. The van der Waals surface area contributed by atoms with Gasteiger partial charge in [0.2, 0.25) is 0 Å². The van der Waals surface area contributed by atoms with Crippen LogP contribution < -0.4 is 5.43 Å². The van der Waals surface area contributed by atoms with Crippen molar-refractivity contribution in [3.63, 3.8) is 0 Å². The van der Waals surface area contributed by atoms with Crippen molar-refractivity contribution in [2.24, 2.45) is 5.10 Å². The fraction of sp³-hybridized carbons (Fsp3) is 0.188. The number of nitrogens with zero attached hydrogens (tertiary/aromatic N) is 2. The molecule has 0 aliphatic rings. The number of halogens is 1. The van der Waals surface area contributed by atoms with E-state index in [0.717, 1.165) is 27.4 Å². The van der Waals surface area contributed by atoms with Crippen molar-refractivity contribution >= 4 is 50.3 Å². The van der Waals surface area contributed by atoms with Crippen molar-refractivity contribution in [3.8, 4) is 0 Å². The van der Waals surface area contributed by atoms with Crippen LogP contribution in [0.25, 0.3) is 10.9 Å². The third kappa shape index (κ3) is 3.51. The molecule has 1 aromatic carbocycles. The van der Waals surface area contributed by atoms with Gasteiger partial charge in [0, 0.05) is 39.1 Å². The lowest BCUT2D eigenvalue weighted by molar-refractivity contribution is 0.0950. The predicted octanol–water partition coefficient (Wildman–Crippen LogP) is 4.30. The molecule has 118 valence electrons. The van der Waals surface area contributed by atoms with E-state index in [1.807, 2.05) is 18.3 Å². The first kappa shape index (κ1) is 15.9. The Morgan fingerprint density at radius 1 is 1.57 bits per heavy atom. The molecule has 0 saturated carbocycles. The van der Waals surface area contributed by atoms with Gasteiger partial charge in [-0.05, 0) is 30.2 Å². The maximum Gasteiger partial charge on any atom is 0.290 e. The highest BCUT2D eigenvalue weighted by Crippen LogP contribution is 2.29. The minimum absolute atomic E-state index is 0.119. The van der Waals surface area contributed by atoms with E-state index in [1.54, 1.807) is 17.1 Å². The number of amides is 1. The molecule has 0 bridgehead atoms. The highest BCUT2D eigenvalue weighted by molar-refractivity contribution is 9.10. The lowest BCUT2D eigenvalue weighted by Crippen LogP contribution is -2.18. The molecule has 2 aromatic heterocycles. The molecule has 2 heterocycles. The zero-order valence-electron chi connectivity index (χ0n) is 12.4. The van der Waals surface area contributed by atoms with Crippen LogP contribution >= 0.6 is 27.3 Å². The average Bonchev–Trinajstić information content (AvgIpc) is 3.21. The van der Waals surface area contributed by atoms with Gasteiger partial charge in [0.05, 0.1) is 5.51 Å². The Kier molecular flexibility index (Phi) is 4.88. The number of aromatic nitrogens is 2. The van der Waals surface area contributed by atoms with Crippen LogP contribution in [-0.4, -0.2) is 22.1 Å². The summed E-state index contributed by atoms with van der Waals surface area (Å²) in [5.41, 5.74) is 6.78. The Morgan fingerprint density at radius 3 is 3.17 bits per heavy atom. The van der Waals surface area contributed by atoms with Gasteiger partial charge in [-0.15, -0.1) is 11.3 Å². The number of H-pyrrole nitrogens is 1. The summed E-state index contributed by atoms with van der Waals surface area (Å²) in [6.45, 7) is 2.09. The molecule has 0 radical (unpaired) electrons. The van der Waals surface area contributed by atoms with Gasteiger partial charge in [-0.25, -0.2) is 10.4 Å². The van der Waals surface area contributed by atoms with Crippen molar-refractivity contribution in [3.05, 3.63) is 51.0 Å². The van der Waals surface area contributed by atoms with Crippen molar-refractivity contribution in [1.29, 1.82) is 0 Å². The molecule has 0 fully saturated rings. The maximum atomic E-state index is 11.8. The van der Waals surface area contributed by atoms with E-state index in [1.165, 1.54) is 11.3 Å². The molecule has 0 aliphatic carbocycles. The van der Waals surface area contributed by atoms with Crippen molar-refractivity contribution in [2.75, 3.05) is 0 Å². The number of thiazole rings is 1. The van der Waals surface area contributed by atoms with E-state index in [9.17, 15) is 4.79 Å². The molecule has 23 heavy (non-hydrogen) atoms. The summed E-state index contributed by atoms with van der Waals surface area (Å²) in [6.07, 6.45) is 4.66. The molecule has 1 atom stereocenters. The molecule has 2 N–H and O–H groups in total. The molecular weight excluding hydrogens is 376 g/mol. The predicted molar refractivity (Wildman–Crippen MR) is 97.1 cm³/mol. The maximum absolute atomic E-state index is 11.8. The minimum Gasteiger partial charge on any atom is -0.361 e. The van der Waals surface area contributed by atoms with Crippen LogP contribution in [-0.2, 0) is 0 Å². The van der Waals surface area contributed by atoms with Crippen LogP contribution in [0.4, 0.5) is 0 Å². The van der Waals surface area contributed by atoms with E-state index in [-0.39, 0.29) is 11.8 Å². The van der Waals surface area contributed by atoms with E-state index in [2.05, 4.69) is 49.4 Å². The number of carbonyl (C=O) groups excluding carboxylic acids is 1. The first-order valence-corrected chi connectivity index (χ1v) is 8.91. The molecule has 0 aliphatic heterocycles. The van der Waals surface area contributed by atoms with Gasteiger partial charge in [-0.2, -0.15) is 5.10 Å². The average molecular weight is 391 g/mol. The number of benzene rings is 1. The Balaban J connectivity index is 1.77. The van der Waals surface area contributed by atoms with E-state index in [0.29, 0.717) is 5.69 Å². The highest BCUT2D eigenvalue weighted by Gasteiger charge is 2.13. The van der Waals surface area contributed by atoms with Gasteiger partial charge in [0.15, 0.2) is 0 Å². The Morgan fingerprint density at radius 2 is 2.43 bits per heavy atom. The molecular formula is C16H15BrN4OS. The summed E-state index contributed by atoms with van der Waals surface area (Å²) >= 11 is 4.89. The van der Waals surface area contributed by atoms with Crippen LogP contribution in [0.3, 0.4) is 0 Å². The Bertz CT molecular complexity index is 841. The second kappa shape index (κ2) is 7.06. The second-order valence-electron chi connectivity index (χ2n) is 5.04. The SMILES string of the molecule is CCC(C=NNC(=O)c1cscn1)c1c[nH]c2ccc(Br)cc12. The number of nitrogens with one attached hydrogen (secondary N) is 2. The van der Waals surface area contributed by atoms with Crippen LogP contribution in [0, 0.1) is 0 Å². The monoisotopic (exact) mass is 390 g/mol. The van der Waals surface area contributed by atoms with Gasteiger partial charge in [-0.1, -0.05) is 22.9 Å². The lowest BCUT2D eigenvalue weighted by atomic mass is 9.97. The molecule has 3 aromatic rings.